The predicted molar refractivity (Wildman–Crippen MR) is 302 cm³/mol. The van der Waals surface area contributed by atoms with Crippen LogP contribution >= 0.6 is 11.6 Å². The maximum Gasteiger partial charge on any atom is 0.492 e. The lowest BCUT2D eigenvalue weighted by Gasteiger charge is -2.22. The Kier molecular flexibility index (Phi) is 18.9. The summed E-state index contributed by atoms with van der Waals surface area (Å²) in [5.74, 6) is -0.138. The number of aromatic nitrogens is 15. The number of fused-ring (bicyclic) bond motifs is 2. The highest BCUT2D eigenvalue weighted by Crippen LogP contribution is 2.44. The molecular formula is C51H55BClF6N17O8S2. The fourth-order valence-corrected chi connectivity index (χ4v) is 10.5. The van der Waals surface area contributed by atoms with Gasteiger partial charge in [0.1, 0.15) is 46.5 Å². The Morgan fingerprint density at radius 1 is 0.616 bits per heavy atom. The number of pyridine rings is 1. The molecule has 0 saturated heterocycles. The van der Waals surface area contributed by atoms with Gasteiger partial charge in [0, 0.05) is 47.3 Å². The number of nitrogens with one attached hydrogen (secondary N) is 2. The largest absolute Gasteiger partial charge is 0.492 e. The molecule has 2 aliphatic carbocycles. The van der Waals surface area contributed by atoms with Gasteiger partial charge in [-0.2, -0.15) is 31.3 Å². The summed E-state index contributed by atoms with van der Waals surface area (Å²) in [6.45, 7) is 11.0. The second-order valence-corrected chi connectivity index (χ2v) is 24.9. The van der Waals surface area contributed by atoms with E-state index in [1.54, 1.807) is 20.8 Å². The van der Waals surface area contributed by atoms with Gasteiger partial charge in [-0.05, 0) is 91.0 Å². The molecule has 4 N–H and O–H groups in total. The van der Waals surface area contributed by atoms with Crippen molar-refractivity contribution in [3.63, 3.8) is 0 Å². The molecular weight excluding hydrogens is 1200 g/mol. The summed E-state index contributed by atoms with van der Waals surface area (Å²) in [4.78, 5) is 79.9. The van der Waals surface area contributed by atoms with Gasteiger partial charge in [0.15, 0.2) is 48.4 Å². The van der Waals surface area contributed by atoms with Crippen LogP contribution in [0.1, 0.15) is 123 Å². The minimum Gasteiger partial charge on any atom is -0.423 e. The quantitative estimate of drug-likeness (QED) is 0.0499. The molecule has 0 amide bonds. The Morgan fingerprint density at radius 3 is 1.59 bits per heavy atom. The van der Waals surface area contributed by atoms with E-state index in [4.69, 9.17) is 21.6 Å². The first-order valence-electron chi connectivity index (χ1n) is 26.5. The summed E-state index contributed by atoms with van der Waals surface area (Å²) in [6.07, 6.45) is 0.863. The Bertz CT molecular complexity index is 4220. The van der Waals surface area contributed by atoms with Gasteiger partial charge < -0.3 is 20.7 Å². The van der Waals surface area contributed by atoms with Crippen molar-refractivity contribution >= 4 is 77.8 Å². The lowest BCUT2D eigenvalue weighted by atomic mass is 9.77. The third-order valence-corrected chi connectivity index (χ3v) is 17.5. The van der Waals surface area contributed by atoms with Crippen LogP contribution in [0.25, 0.3) is 33.7 Å². The van der Waals surface area contributed by atoms with Crippen LogP contribution in [0.5, 0.6) is 0 Å². The van der Waals surface area contributed by atoms with Crippen molar-refractivity contribution in [1.29, 1.82) is 0 Å². The summed E-state index contributed by atoms with van der Waals surface area (Å²) < 4.78 is 131. The van der Waals surface area contributed by atoms with Crippen LogP contribution in [0.2, 0.25) is 5.28 Å². The summed E-state index contributed by atoms with van der Waals surface area (Å²) in [7, 11) is -8.39. The van der Waals surface area contributed by atoms with Crippen molar-refractivity contribution in [2.45, 2.75) is 140 Å². The van der Waals surface area contributed by atoms with E-state index in [-0.39, 0.29) is 96.8 Å². The van der Waals surface area contributed by atoms with E-state index in [0.717, 1.165) is 63.3 Å². The number of rotatable bonds is 16. The molecule has 25 nitrogen and oxygen atoms in total. The molecule has 10 rings (SSSR count). The Morgan fingerprint density at radius 2 is 1.09 bits per heavy atom. The number of aryl methyl sites for hydroxylation is 4. The molecule has 0 aliphatic heterocycles. The normalized spacial score (nSPS) is 14.4. The molecule has 2 fully saturated rings. The summed E-state index contributed by atoms with van der Waals surface area (Å²) in [6, 6.07) is -1.61. The van der Waals surface area contributed by atoms with Crippen LogP contribution in [0.4, 0.5) is 38.0 Å². The zero-order valence-electron chi connectivity index (χ0n) is 47.1. The number of anilines is 2. The van der Waals surface area contributed by atoms with Crippen LogP contribution < -0.4 is 27.2 Å². The van der Waals surface area contributed by atoms with Crippen molar-refractivity contribution in [1.82, 2.24) is 73.9 Å². The third-order valence-electron chi connectivity index (χ3n) is 13.9. The highest BCUT2D eigenvalue weighted by molar-refractivity contribution is 7.91. The van der Waals surface area contributed by atoms with Crippen LogP contribution in [-0.2, 0) is 32.8 Å². The van der Waals surface area contributed by atoms with E-state index in [1.807, 2.05) is 0 Å². The van der Waals surface area contributed by atoms with Gasteiger partial charge in [-0.1, -0.05) is 13.8 Å². The van der Waals surface area contributed by atoms with Crippen molar-refractivity contribution in [3.05, 3.63) is 115 Å². The van der Waals surface area contributed by atoms with E-state index in [9.17, 15) is 52.8 Å². The van der Waals surface area contributed by atoms with E-state index in [1.165, 1.54) is 51.8 Å². The molecule has 0 radical (unpaired) electrons. The maximum absolute atomic E-state index is 14.0. The van der Waals surface area contributed by atoms with Crippen LogP contribution in [0, 0.1) is 27.7 Å². The van der Waals surface area contributed by atoms with E-state index < -0.39 is 68.2 Å². The minimum atomic E-state index is -4.76. The van der Waals surface area contributed by atoms with Gasteiger partial charge >= 0.3 is 19.5 Å². The first-order chi connectivity index (χ1) is 40.4. The lowest BCUT2D eigenvalue weighted by molar-refractivity contribution is -0.163. The Labute approximate surface area is 491 Å². The first kappa shape index (κ1) is 64.2. The molecule has 0 unspecified atom stereocenters. The second kappa shape index (κ2) is 25.3. The van der Waals surface area contributed by atoms with Gasteiger partial charge in [0.2, 0.25) is 5.28 Å². The molecule has 8 aromatic heterocycles. The molecule has 35 heteroatoms. The molecule has 456 valence electrons. The van der Waals surface area contributed by atoms with Gasteiger partial charge in [-0.3, -0.25) is 23.7 Å². The van der Waals surface area contributed by atoms with Crippen molar-refractivity contribution in [2.24, 2.45) is 0 Å². The van der Waals surface area contributed by atoms with Gasteiger partial charge in [-0.25, -0.2) is 71.7 Å². The highest BCUT2D eigenvalue weighted by Gasteiger charge is 2.42. The zero-order chi connectivity index (χ0) is 63.0. The fourth-order valence-electron chi connectivity index (χ4n) is 8.66. The van der Waals surface area contributed by atoms with Gasteiger partial charge in [-0.15, -0.1) is 0 Å². The molecule has 0 aromatic carbocycles. The molecule has 2 atom stereocenters. The molecule has 0 bridgehead atoms. The Balaban J connectivity index is 0.000000188. The summed E-state index contributed by atoms with van der Waals surface area (Å²) >= 11 is 5.78. The zero-order valence-corrected chi connectivity index (χ0v) is 49.5. The average molecular weight is 1260 g/mol. The number of hydrogen-bond donors (Lipinski definition) is 4. The predicted octanol–water partition coefficient (Wildman–Crippen LogP) is 5.87. The van der Waals surface area contributed by atoms with Crippen molar-refractivity contribution < 1.29 is 53.2 Å². The topological polar surface area (TPSA) is 344 Å². The minimum absolute atomic E-state index is 0.0202. The third kappa shape index (κ3) is 14.2. The maximum atomic E-state index is 14.0. The van der Waals surface area contributed by atoms with Crippen molar-refractivity contribution in [3.8, 4) is 11.4 Å². The van der Waals surface area contributed by atoms with E-state index >= 15 is 0 Å². The number of halogens is 7. The summed E-state index contributed by atoms with van der Waals surface area (Å²) in [5, 5.41) is 23.3. The number of alkyl halides is 6. The standard InChI is InChI=1S/C26H27F3N8O3S.C17H17ClF3N7O3S.C8H11BN2O2/c1-5-41(39,40)18-9-8-17(30-11-18)10-31-23-25(38)37(15(4)26(27,28)29)24-20(35-23)14(3)34-22(36-24)19-13(2)32-12-33-21(19)16-6-7-16;1-4-32(30,31)10-5-22-11(23-6-10)7-24-13-15(29)28(9(3)17(19,20)21)14-12(26-13)8(2)25-16(18)27-14;1-5-7(9(12)13)8(6-2-3-6)11-4-10-5/h8-9,11-12,15-16H,5-7,10H2,1-4H3,(H,31,35);5-6,9H,4,7H2,1-3H3,(H,24,26);4,6,12-13H,2-3H2,1H3/t15-;9-;/m00./s1. The average Bonchev–Trinajstić information content (AvgIpc) is 1.12. The highest BCUT2D eigenvalue weighted by atomic mass is 35.5. The fraction of sp³-hybridized carbons (Fsp3) is 0.431. The van der Waals surface area contributed by atoms with E-state index in [0.29, 0.717) is 43.2 Å². The lowest BCUT2D eigenvalue weighted by Crippen LogP contribution is -2.36. The molecule has 86 heavy (non-hydrogen) atoms. The molecule has 2 aliphatic rings. The number of sulfone groups is 2. The molecule has 0 spiro atoms. The van der Waals surface area contributed by atoms with Crippen LogP contribution in [-0.4, -0.2) is 132 Å². The van der Waals surface area contributed by atoms with Gasteiger partial charge in [0.05, 0.1) is 63.5 Å². The smallest absolute Gasteiger partial charge is 0.423 e. The van der Waals surface area contributed by atoms with E-state index in [2.05, 4.69) is 75.4 Å². The molecule has 8 aromatic rings. The van der Waals surface area contributed by atoms with Crippen LogP contribution in [0.15, 0.2) is 62.8 Å². The van der Waals surface area contributed by atoms with Crippen molar-refractivity contribution in [2.75, 3.05) is 22.1 Å². The SMILES string of the molecule is CCS(=O)(=O)c1ccc(CNc2nc3c(C)nc(-c4c(C)ncnc4C4CC4)nc3n([C@@H](C)C(F)(F)F)c2=O)nc1.CCS(=O)(=O)c1cnc(CNc2nc3c(C)nc(Cl)nc3n([C@@H](C)C(F)(F)F)c2=O)nc1.Cc1ncnc(C2CC2)c1B(O)O. The van der Waals surface area contributed by atoms with Crippen LogP contribution in [0.3, 0.4) is 0 Å². The molecule has 8 heterocycles. The second-order valence-electron chi connectivity index (χ2n) is 20.0. The Hall–Kier alpha value is -7.82. The molecule has 2 saturated carbocycles. The number of nitrogens with zero attached hydrogens (tertiary/aromatic N) is 15. The van der Waals surface area contributed by atoms with Gasteiger partial charge in [0.25, 0.3) is 11.1 Å². The first-order valence-corrected chi connectivity index (χ1v) is 30.1. The summed E-state index contributed by atoms with van der Waals surface area (Å²) in [5.41, 5.74) is 1.86. The monoisotopic (exact) mass is 1260 g/mol. The number of hydrogen-bond acceptors (Lipinski definition) is 23.